The van der Waals surface area contributed by atoms with Crippen LogP contribution >= 0.6 is 35.6 Å². The van der Waals surface area contributed by atoms with E-state index in [0.29, 0.717) is 36.3 Å². The molecule has 8 heteroatoms. The Hall–Kier alpha value is -0.930. The molecule has 24 heavy (non-hydrogen) atoms. The average Bonchev–Trinajstić information content (AvgIpc) is 3.08. The van der Waals surface area contributed by atoms with Gasteiger partial charge in [-0.1, -0.05) is 11.6 Å². The van der Waals surface area contributed by atoms with Gasteiger partial charge in [-0.3, -0.25) is 4.99 Å². The van der Waals surface area contributed by atoms with Crippen LogP contribution in [0.3, 0.4) is 0 Å². The number of nitrogens with one attached hydrogen (secondary N) is 2. The maximum Gasteiger partial charge on any atom is 0.191 e. The smallest absolute Gasteiger partial charge is 0.191 e. The highest BCUT2D eigenvalue weighted by Gasteiger charge is 2.17. The summed E-state index contributed by atoms with van der Waals surface area (Å²) < 4.78 is 16.7. The Morgan fingerprint density at radius 1 is 1.25 bits per heavy atom. The molecule has 6 nitrogen and oxygen atoms in total. The summed E-state index contributed by atoms with van der Waals surface area (Å²) in [6, 6.07) is 3.83. The Morgan fingerprint density at radius 2 is 2.08 bits per heavy atom. The lowest BCUT2D eigenvalue weighted by atomic mass is 10.2. The normalized spacial score (nSPS) is 19.6. The molecule has 0 bridgehead atoms. The molecule has 0 saturated carbocycles. The molecule has 0 radical (unpaired) electrons. The maximum atomic E-state index is 6.25. The van der Waals surface area contributed by atoms with Gasteiger partial charge in [0.2, 0.25) is 0 Å². The molecule has 1 unspecified atom stereocenters. The van der Waals surface area contributed by atoms with Crippen LogP contribution in [0.1, 0.15) is 18.4 Å². The van der Waals surface area contributed by atoms with Gasteiger partial charge in [0, 0.05) is 26.7 Å². The van der Waals surface area contributed by atoms with Crippen LogP contribution in [0.4, 0.5) is 0 Å². The van der Waals surface area contributed by atoms with Gasteiger partial charge in [-0.25, -0.2) is 0 Å². The van der Waals surface area contributed by atoms with Crippen molar-refractivity contribution < 1.29 is 14.2 Å². The van der Waals surface area contributed by atoms with E-state index in [1.165, 1.54) is 0 Å². The number of benzene rings is 1. The van der Waals surface area contributed by atoms with E-state index >= 15 is 0 Å². The molecule has 1 fully saturated rings. The van der Waals surface area contributed by atoms with Gasteiger partial charge in [0.15, 0.2) is 17.5 Å². The van der Waals surface area contributed by atoms with Crippen LogP contribution in [0.2, 0.25) is 5.02 Å². The van der Waals surface area contributed by atoms with Crippen LogP contribution in [-0.2, 0) is 11.3 Å². The van der Waals surface area contributed by atoms with Crippen molar-refractivity contribution in [3.8, 4) is 11.5 Å². The van der Waals surface area contributed by atoms with E-state index in [1.807, 2.05) is 12.1 Å². The third-order valence-corrected chi connectivity index (χ3v) is 4.14. The molecule has 1 saturated heterocycles. The van der Waals surface area contributed by atoms with Gasteiger partial charge in [0.1, 0.15) is 13.2 Å². The van der Waals surface area contributed by atoms with Crippen molar-refractivity contribution in [1.29, 1.82) is 0 Å². The van der Waals surface area contributed by atoms with Crippen LogP contribution < -0.4 is 20.1 Å². The third kappa shape index (κ3) is 5.03. The Kier molecular flexibility index (Phi) is 7.70. The average molecular weight is 468 g/mol. The van der Waals surface area contributed by atoms with E-state index in [4.69, 9.17) is 25.8 Å². The quantitative estimate of drug-likeness (QED) is 0.405. The predicted molar refractivity (Wildman–Crippen MR) is 105 cm³/mol. The molecule has 0 amide bonds. The molecular formula is C16H23ClIN3O3. The van der Waals surface area contributed by atoms with Crippen molar-refractivity contribution >= 4 is 41.5 Å². The standard InChI is InChI=1S/C16H22ClN3O3.HI/c1-18-16(20-10-12-3-2-4-21-12)19-9-11-7-13(17)15-14(8-11)22-5-6-23-15;/h7-8,12H,2-6,9-10H2,1H3,(H2,18,19,20);1H. The van der Waals surface area contributed by atoms with Crippen molar-refractivity contribution in [2.75, 3.05) is 33.4 Å². The van der Waals surface area contributed by atoms with Gasteiger partial charge in [0.05, 0.1) is 11.1 Å². The highest BCUT2D eigenvalue weighted by Crippen LogP contribution is 2.38. The fourth-order valence-electron chi connectivity index (χ4n) is 2.69. The van der Waals surface area contributed by atoms with Crippen molar-refractivity contribution in [1.82, 2.24) is 10.6 Å². The molecule has 0 aliphatic carbocycles. The SMILES string of the molecule is CN=C(NCc1cc(Cl)c2c(c1)OCCO2)NCC1CCCO1.I. The highest BCUT2D eigenvalue weighted by molar-refractivity contribution is 14.0. The van der Waals surface area contributed by atoms with Gasteiger partial charge >= 0.3 is 0 Å². The summed E-state index contributed by atoms with van der Waals surface area (Å²) in [6.45, 7) is 3.30. The van der Waals surface area contributed by atoms with Crippen LogP contribution in [0, 0.1) is 0 Å². The minimum Gasteiger partial charge on any atom is -0.486 e. The van der Waals surface area contributed by atoms with Gasteiger partial charge < -0.3 is 24.8 Å². The van der Waals surface area contributed by atoms with E-state index in [9.17, 15) is 0 Å². The Balaban J connectivity index is 0.00000208. The number of ether oxygens (including phenoxy) is 3. The zero-order valence-electron chi connectivity index (χ0n) is 13.6. The topological polar surface area (TPSA) is 64.1 Å². The maximum absolute atomic E-state index is 6.25. The summed E-state index contributed by atoms with van der Waals surface area (Å²) in [4.78, 5) is 4.22. The van der Waals surface area contributed by atoms with Crippen LogP contribution in [0.5, 0.6) is 11.5 Å². The molecule has 2 aliphatic rings. The van der Waals surface area contributed by atoms with Crippen molar-refractivity contribution in [3.05, 3.63) is 22.7 Å². The second-order valence-electron chi connectivity index (χ2n) is 5.54. The number of hydrogen-bond donors (Lipinski definition) is 2. The summed E-state index contributed by atoms with van der Waals surface area (Å²) in [7, 11) is 1.75. The molecule has 0 aromatic heterocycles. The largest absolute Gasteiger partial charge is 0.486 e. The molecule has 134 valence electrons. The third-order valence-electron chi connectivity index (χ3n) is 3.86. The molecule has 2 N–H and O–H groups in total. The first-order valence-electron chi connectivity index (χ1n) is 7.90. The van der Waals surface area contributed by atoms with Gasteiger partial charge in [-0.05, 0) is 30.5 Å². The first-order valence-corrected chi connectivity index (χ1v) is 8.28. The molecule has 2 aliphatic heterocycles. The predicted octanol–water partition coefficient (Wildman–Crippen LogP) is 2.57. The zero-order valence-corrected chi connectivity index (χ0v) is 16.7. The van der Waals surface area contributed by atoms with E-state index in [2.05, 4.69) is 15.6 Å². The van der Waals surface area contributed by atoms with E-state index < -0.39 is 0 Å². The van der Waals surface area contributed by atoms with Crippen LogP contribution in [0.15, 0.2) is 17.1 Å². The lowest BCUT2D eigenvalue weighted by Crippen LogP contribution is -2.40. The van der Waals surface area contributed by atoms with Gasteiger partial charge in [0.25, 0.3) is 0 Å². The molecule has 1 atom stereocenters. The lowest BCUT2D eigenvalue weighted by Gasteiger charge is -2.21. The Labute approximate surface area is 164 Å². The van der Waals surface area contributed by atoms with Crippen molar-refractivity contribution in [2.45, 2.75) is 25.5 Å². The number of rotatable bonds is 4. The van der Waals surface area contributed by atoms with Gasteiger partial charge in [-0.15, -0.1) is 24.0 Å². The molecule has 3 rings (SSSR count). The van der Waals surface area contributed by atoms with E-state index in [0.717, 1.165) is 37.5 Å². The number of aliphatic imine (C=N–C) groups is 1. The Morgan fingerprint density at radius 3 is 2.83 bits per heavy atom. The van der Waals surface area contributed by atoms with Crippen LogP contribution in [0.25, 0.3) is 0 Å². The Bertz CT molecular complexity index is 580. The number of hydrogen-bond acceptors (Lipinski definition) is 4. The summed E-state index contributed by atoms with van der Waals surface area (Å²) >= 11 is 6.25. The van der Waals surface area contributed by atoms with Crippen molar-refractivity contribution in [3.63, 3.8) is 0 Å². The first-order chi connectivity index (χ1) is 11.3. The molecule has 2 heterocycles. The minimum absolute atomic E-state index is 0. The van der Waals surface area contributed by atoms with Crippen molar-refractivity contribution in [2.24, 2.45) is 4.99 Å². The monoisotopic (exact) mass is 467 g/mol. The second-order valence-corrected chi connectivity index (χ2v) is 5.95. The first kappa shape index (κ1) is 19.4. The van der Waals surface area contributed by atoms with Crippen LogP contribution in [-0.4, -0.2) is 45.5 Å². The van der Waals surface area contributed by atoms with E-state index in [1.54, 1.807) is 7.05 Å². The summed E-state index contributed by atoms with van der Waals surface area (Å²) in [6.07, 6.45) is 2.51. The molecule has 1 aromatic rings. The molecule has 1 aromatic carbocycles. The van der Waals surface area contributed by atoms with E-state index in [-0.39, 0.29) is 30.1 Å². The number of halogens is 2. The fourth-order valence-corrected chi connectivity index (χ4v) is 2.98. The number of guanidine groups is 1. The minimum atomic E-state index is 0. The number of nitrogens with zero attached hydrogens (tertiary/aromatic N) is 1. The molecular weight excluding hydrogens is 445 g/mol. The van der Waals surface area contributed by atoms with Gasteiger partial charge in [-0.2, -0.15) is 0 Å². The second kappa shape index (κ2) is 9.53. The fraction of sp³-hybridized carbons (Fsp3) is 0.562. The molecule has 0 spiro atoms. The number of fused-ring (bicyclic) bond motifs is 1. The summed E-state index contributed by atoms with van der Waals surface area (Å²) in [5.74, 6) is 2.07. The summed E-state index contributed by atoms with van der Waals surface area (Å²) in [5.41, 5.74) is 1.01. The lowest BCUT2D eigenvalue weighted by molar-refractivity contribution is 0.114. The zero-order chi connectivity index (χ0) is 16.1. The summed E-state index contributed by atoms with van der Waals surface area (Å²) in [5, 5.41) is 7.13. The highest BCUT2D eigenvalue weighted by atomic mass is 127.